The van der Waals surface area contributed by atoms with Gasteiger partial charge in [-0.15, -0.1) is 0 Å². The molecule has 1 rings (SSSR count). The van der Waals surface area contributed by atoms with E-state index < -0.39 is 55.2 Å². The summed E-state index contributed by atoms with van der Waals surface area (Å²) in [5.74, 6) is -4.06. The van der Waals surface area contributed by atoms with Gasteiger partial charge < -0.3 is 24.6 Å². The minimum absolute atomic E-state index is 0.571. The lowest BCUT2D eigenvalue weighted by Gasteiger charge is -2.39. The summed E-state index contributed by atoms with van der Waals surface area (Å²) in [5.41, 5.74) is 0. The van der Waals surface area contributed by atoms with Crippen molar-refractivity contribution >= 4 is 17.8 Å². The number of halogens is 3. The molecule has 22 heavy (non-hydrogen) atoms. The molecule has 8 nitrogen and oxygen atoms in total. The van der Waals surface area contributed by atoms with Crippen LogP contribution < -0.4 is 5.32 Å². The summed E-state index contributed by atoms with van der Waals surface area (Å²) < 4.78 is 51.0. The maximum Gasteiger partial charge on any atom is 0.471 e. The molecule has 1 aliphatic heterocycles. The zero-order valence-electron chi connectivity index (χ0n) is 11.5. The molecule has 1 fully saturated rings. The van der Waals surface area contributed by atoms with Crippen molar-refractivity contribution in [1.82, 2.24) is 5.32 Å². The van der Waals surface area contributed by atoms with Crippen molar-refractivity contribution in [2.45, 2.75) is 44.6 Å². The Morgan fingerprint density at radius 2 is 1.64 bits per heavy atom. The van der Waals surface area contributed by atoms with Crippen LogP contribution in [0.4, 0.5) is 13.2 Å². The van der Waals surface area contributed by atoms with Crippen LogP contribution in [-0.4, -0.2) is 60.3 Å². The van der Waals surface area contributed by atoms with Crippen LogP contribution in [0.3, 0.4) is 0 Å². The lowest BCUT2D eigenvalue weighted by Crippen LogP contribution is -2.62. The first kappa shape index (κ1) is 18.2. The maximum atomic E-state index is 12.3. The van der Waals surface area contributed by atoms with E-state index in [0.29, 0.717) is 0 Å². The number of carbonyl (C=O) groups is 3. The zero-order chi connectivity index (χ0) is 17.1. The Bertz CT molecular complexity index is 453. The molecule has 0 aromatic carbocycles. The van der Waals surface area contributed by atoms with Gasteiger partial charge in [0.15, 0.2) is 18.5 Å². The summed E-state index contributed by atoms with van der Waals surface area (Å²) in [7, 11) is 0. The number of carbonyl (C=O) groups excluding carboxylic acids is 3. The summed E-state index contributed by atoms with van der Waals surface area (Å²) in [5, 5.41) is 11.2. The fourth-order valence-corrected chi connectivity index (χ4v) is 1.81. The highest BCUT2D eigenvalue weighted by molar-refractivity contribution is 5.82. The van der Waals surface area contributed by atoms with Crippen LogP contribution in [0, 0.1) is 0 Å². The van der Waals surface area contributed by atoms with Gasteiger partial charge in [0.05, 0.1) is 12.6 Å². The standard InChI is InChI=1S/C11H14F3NO7/c1-4(16)21-7-6(15-10(19)11(12,13)14)3-20-9(18)8(7)22-5(2)17/h6-9,18H,3H2,1-2H3,(H,15,19)/t6-,7-,8+,9-/m0/s1. The number of amides is 1. The first-order valence-electron chi connectivity index (χ1n) is 6.04. The van der Waals surface area contributed by atoms with Crippen LogP contribution in [-0.2, 0) is 28.6 Å². The van der Waals surface area contributed by atoms with Crippen molar-refractivity contribution in [1.29, 1.82) is 0 Å². The Labute approximate surface area is 122 Å². The highest BCUT2D eigenvalue weighted by Crippen LogP contribution is 2.22. The second-order valence-corrected chi connectivity index (χ2v) is 4.45. The Kier molecular flexibility index (Phi) is 5.72. The van der Waals surface area contributed by atoms with Crippen LogP contribution in [0.2, 0.25) is 0 Å². The third-order valence-electron chi connectivity index (χ3n) is 2.63. The maximum absolute atomic E-state index is 12.3. The van der Waals surface area contributed by atoms with Crippen molar-refractivity contribution in [2.75, 3.05) is 6.61 Å². The second kappa shape index (κ2) is 6.92. The smallest absolute Gasteiger partial charge is 0.456 e. The summed E-state index contributed by atoms with van der Waals surface area (Å²) in [6, 6.07) is -1.45. The summed E-state index contributed by atoms with van der Waals surface area (Å²) >= 11 is 0. The van der Waals surface area contributed by atoms with E-state index in [2.05, 4.69) is 0 Å². The van der Waals surface area contributed by atoms with Gasteiger partial charge in [-0.05, 0) is 0 Å². The molecule has 1 heterocycles. The highest BCUT2D eigenvalue weighted by Gasteiger charge is 2.48. The Morgan fingerprint density at radius 1 is 1.14 bits per heavy atom. The molecular weight excluding hydrogens is 315 g/mol. The number of alkyl halides is 3. The minimum atomic E-state index is -5.16. The molecule has 1 aliphatic rings. The number of aliphatic hydroxyl groups excluding tert-OH is 1. The monoisotopic (exact) mass is 329 g/mol. The van der Waals surface area contributed by atoms with E-state index in [-0.39, 0.29) is 0 Å². The van der Waals surface area contributed by atoms with Gasteiger partial charge in [-0.3, -0.25) is 14.4 Å². The third kappa shape index (κ3) is 4.84. The van der Waals surface area contributed by atoms with Gasteiger partial charge >= 0.3 is 24.0 Å². The SMILES string of the molecule is CC(=O)O[C@@H]1[C@@H](OC(C)=O)[C@@H](O)OC[C@@H]1NC(=O)C(F)(F)F. The van der Waals surface area contributed by atoms with Crippen molar-refractivity contribution in [3.63, 3.8) is 0 Å². The van der Waals surface area contributed by atoms with Crippen LogP contribution in [0.25, 0.3) is 0 Å². The number of aliphatic hydroxyl groups is 1. The zero-order valence-corrected chi connectivity index (χ0v) is 11.5. The second-order valence-electron chi connectivity index (χ2n) is 4.45. The number of hydrogen-bond donors (Lipinski definition) is 2. The Morgan fingerprint density at radius 3 is 2.09 bits per heavy atom. The Balaban J connectivity index is 2.95. The summed E-state index contributed by atoms with van der Waals surface area (Å²) in [6.45, 7) is 1.38. The highest BCUT2D eigenvalue weighted by atomic mass is 19.4. The lowest BCUT2D eigenvalue weighted by molar-refractivity contribution is -0.246. The molecule has 0 aliphatic carbocycles. The number of rotatable bonds is 3. The molecular formula is C11H14F3NO7. The topological polar surface area (TPSA) is 111 Å². The van der Waals surface area contributed by atoms with Gasteiger partial charge in [-0.1, -0.05) is 0 Å². The van der Waals surface area contributed by atoms with Gasteiger partial charge in [0.25, 0.3) is 0 Å². The van der Waals surface area contributed by atoms with Crippen LogP contribution in [0.5, 0.6) is 0 Å². The predicted molar refractivity (Wildman–Crippen MR) is 61.1 cm³/mol. The average molecular weight is 329 g/mol. The molecule has 4 atom stereocenters. The summed E-state index contributed by atoms with van der Waals surface area (Å²) in [4.78, 5) is 33.0. The molecule has 0 spiro atoms. The van der Waals surface area contributed by atoms with E-state index in [9.17, 15) is 32.7 Å². The van der Waals surface area contributed by atoms with Crippen LogP contribution >= 0.6 is 0 Å². The van der Waals surface area contributed by atoms with Crippen molar-refractivity contribution < 1.29 is 46.9 Å². The molecule has 126 valence electrons. The molecule has 0 saturated carbocycles. The average Bonchev–Trinajstić information content (AvgIpc) is 2.34. The largest absolute Gasteiger partial charge is 0.471 e. The van der Waals surface area contributed by atoms with Gasteiger partial charge in [-0.2, -0.15) is 13.2 Å². The quantitative estimate of drug-likeness (QED) is 0.655. The fourth-order valence-electron chi connectivity index (χ4n) is 1.81. The van der Waals surface area contributed by atoms with E-state index in [1.807, 2.05) is 0 Å². The predicted octanol–water partition coefficient (Wildman–Crippen LogP) is -0.755. The molecule has 0 aromatic heterocycles. The van der Waals surface area contributed by atoms with E-state index in [1.165, 1.54) is 0 Å². The number of nitrogens with one attached hydrogen (secondary N) is 1. The molecule has 0 aromatic rings. The molecule has 11 heteroatoms. The van der Waals surface area contributed by atoms with Crippen molar-refractivity contribution in [3.05, 3.63) is 0 Å². The van der Waals surface area contributed by atoms with E-state index in [1.54, 1.807) is 5.32 Å². The third-order valence-corrected chi connectivity index (χ3v) is 2.63. The summed E-state index contributed by atoms with van der Waals surface area (Å²) in [6.07, 6.45) is -9.98. The number of esters is 2. The minimum Gasteiger partial charge on any atom is -0.456 e. The van der Waals surface area contributed by atoms with Crippen LogP contribution in [0.15, 0.2) is 0 Å². The lowest BCUT2D eigenvalue weighted by atomic mass is 10.0. The first-order valence-corrected chi connectivity index (χ1v) is 6.04. The van der Waals surface area contributed by atoms with E-state index in [4.69, 9.17) is 14.2 Å². The number of ether oxygens (including phenoxy) is 3. The molecule has 0 unspecified atom stereocenters. The van der Waals surface area contributed by atoms with Crippen molar-refractivity contribution in [3.8, 4) is 0 Å². The number of hydrogen-bond acceptors (Lipinski definition) is 7. The normalized spacial score (nSPS) is 28.6. The van der Waals surface area contributed by atoms with E-state index in [0.717, 1.165) is 13.8 Å². The van der Waals surface area contributed by atoms with E-state index >= 15 is 0 Å². The fraction of sp³-hybridized carbons (Fsp3) is 0.727. The molecule has 0 radical (unpaired) electrons. The molecule has 1 amide bonds. The van der Waals surface area contributed by atoms with Crippen molar-refractivity contribution in [2.24, 2.45) is 0 Å². The van der Waals surface area contributed by atoms with Gasteiger partial charge in [0.2, 0.25) is 0 Å². The molecule has 2 N–H and O–H groups in total. The van der Waals surface area contributed by atoms with Gasteiger partial charge in [0.1, 0.15) is 0 Å². The first-order chi connectivity index (χ1) is 10.0. The Hall–Kier alpha value is -1.88. The van der Waals surface area contributed by atoms with Gasteiger partial charge in [0, 0.05) is 13.8 Å². The molecule has 0 bridgehead atoms. The van der Waals surface area contributed by atoms with Crippen LogP contribution in [0.1, 0.15) is 13.8 Å². The van der Waals surface area contributed by atoms with Gasteiger partial charge in [-0.25, -0.2) is 0 Å². The molecule has 1 saturated heterocycles.